The lowest BCUT2D eigenvalue weighted by molar-refractivity contribution is 0.475. The Morgan fingerprint density at radius 3 is 2.43 bits per heavy atom. The second-order valence-corrected chi connectivity index (χ2v) is 7.17. The van der Waals surface area contributed by atoms with Gasteiger partial charge in [-0.3, -0.25) is 0 Å². The van der Waals surface area contributed by atoms with Crippen molar-refractivity contribution in [3.05, 3.63) is 39.7 Å². The molecule has 0 radical (unpaired) electrons. The summed E-state index contributed by atoms with van der Waals surface area (Å²) < 4.78 is 0.900. The molecule has 2 aromatic rings. The number of piperidine rings is 1. The highest BCUT2D eigenvalue weighted by Crippen LogP contribution is 2.29. The van der Waals surface area contributed by atoms with E-state index in [-0.39, 0.29) is 0 Å². The number of aromatic nitrogens is 3. The standard InChI is InChI=1S/C16H19BrClN5/c1-11-8-20-16(21-9-11)22(2)13-3-5-23(6-4-13)15-14(18)7-12(17)10-19-15/h7-10,13H,3-6H2,1-2H3. The molecule has 2 aromatic heterocycles. The minimum atomic E-state index is 0.433. The number of nitrogens with zero attached hydrogens (tertiary/aromatic N) is 5. The third-order valence-electron chi connectivity index (χ3n) is 4.18. The maximum absolute atomic E-state index is 6.31. The van der Waals surface area contributed by atoms with Crippen LogP contribution in [0.3, 0.4) is 0 Å². The van der Waals surface area contributed by atoms with Crippen molar-refractivity contribution < 1.29 is 0 Å². The third-order valence-corrected chi connectivity index (χ3v) is 4.89. The molecule has 122 valence electrons. The average Bonchev–Trinajstić information content (AvgIpc) is 2.55. The molecule has 0 saturated carbocycles. The van der Waals surface area contributed by atoms with Crippen LogP contribution in [-0.2, 0) is 0 Å². The molecule has 1 aliphatic heterocycles. The number of anilines is 2. The van der Waals surface area contributed by atoms with E-state index in [9.17, 15) is 0 Å². The van der Waals surface area contributed by atoms with Gasteiger partial charge in [0.1, 0.15) is 5.82 Å². The molecule has 1 fully saturated rings. The van der Waals surface area contributed by atoms with Crippen molar-refractivity contribution in [2.24, 2.45) is 0 Å². The number of hydrogen-bond acceptors (Lipinski definition) is 5. The average molecular weight is 397 g/mol. The molecule has 0 unspecified atom stereocenters. The first-order valence-electron chi connectivity index (χ1n) is 7.62. The van der Waals surface area contributed by atoms with E-state index in [1.54, 1.807) is 6.20 Å². The fraction of sp³-hybridized carbons (Fsp3) is 0.438. The van der Waals surface area contributed by atoms with E-state index in [1.807, 2.05) is 25.4 Å². The first kappa shape index (κ1) is 16.5. The van der Waals surface area contributed by atoms with Crippen molar-refractivity contribution in [3.8, 4) is 0 Å². The van der Waals surface area contributed by atoms with Crippen LogP contribution in [0.2, 0.25) is 5.02 Å². The van der Waals surface area contributed by atoms with E-state index in [0.29, 0.717) is 11.1 Å². The molecule has 0 atom stereocenters. The maximum Gasteiger partial charge on any atom is 0.225 e. The number of hydrogen-bond donors (Lipinski definition) is 0. The van der Waals surface area contributed by atoms with Crippen molar-refractivity contribution in [3.63, 3.8) is 0 Å². The largest absolute Gasteiger partial charge is 0.355 e. The molecule has 5 nitrogen and oxygen atoms in total. The van der Waals surface area contributed by atoms with Crippen LogP contribution in [0.25, 0.3) is 0 Å². The molecule has 0 spiro atoms. The topological polar surface area (TPSA) is 45.2 Å². The zero-order valence-electron chi connectivity index (χ0n) is 13.2. The Morgan fingerprint density at radius 2 is 1.83 bits per heavy atom. The van der Waals surface area contributed by atoms with Crippen molar-refractivity contribution in [2.75, 3.05) is 29.9 Å². The maximum atomic E-state index is 6.31. The highest BCUT2D eigenvalue weighted by molar-refractivity contribution is 9.10. The predicted octanol–water partition coefficient (Wildman–Crippen LogP) is 3.70. The first-order valence-corrected chi connectivity index (χ1v) is 8.79. The van der Waals surface area contributed by atoms with Gasteiger partial charge in [-0.25, -0.2) is 15.0 Å². The number of rotatable bonds is 3. The summed E-state index contributed by atoms with van der Waals surface area (Å²) in [6.45, 7) is 3.85. The van der Waals surface area contributed by atoms with Gasteiger partial charge in [0.15, 0.2) is 0 Å². The summed E-state index contributed by atoms with van der Waals surface area (Å²) in [4.78, 5) is 17.7. The van der Waals surface area contributed by atoms with E-state index >= 15 is 0 Å². The van der Waals surface area contributed by atoms with E-state index in [4.69, 9.17) is 11.6 Å². The Hall–Kier alpha value is -1.40. The first-order chi connectivity index (χ1) is 11.0. The molecular weight excluding hydrogens is 378 g/mol. The van der Waals surface area contributed by atoms with Gasteiger partial charge >= 0.3 is 0 Å². The molecule has 3 rings (SSSR count). The number of halogens is 2. The Balaban J connectivity index is 1.65. The summed E-state index contributed by atoms with van der Waals surface area (Å²) in [6.07, 6.45) is 7.57. The van der Waals surface area contributed by atoms with Gasteiger partial charge in [0.2, 0.25) is 5.95 Å². The van der Waals surface area contributed by atoms with Crippen molar-refractivity contribution in [1.82, 2.24) is 15.0 Å². The second kappa shape index (κ2) is 7.01. The Labute approximate surface area is 149 Å². The van der Waals surface area contributed by atoms with Gasteiger partial charge in [-0.15, -0.1) is 0 Å². The van der Waals surface area contributed by atoms with Gasteiger partial charge in [-0.05, 0) is 47.3 Å². The molecule has 0 aromatic carbocycles. The van der Waals surface area contributed by atoms with Crippen molar-refractivity contribution in [1.29, 1.82) is 0 Å². The fourth-order valence-electron chi connectivity index (χ4n) is 2.84. The minimum Gasteiger partial charge on any atom is -0.355 e. The van der Waals surface area contributed by atoms with Crippen LogP contribution in [0.15, 0.2) is 29.1 Å². The van der Waals surface area contributed by atoms with Gasteiger partial charge in [-0.2, -0.15) is 0 Å². The Morgan fingerprint density at radius 1 is 1.17 bits per heavy atom. The van der Waals surface area contributed by atoms with E-state index in [0.717, 1.165) is 47.7 Å². The van der Waals surface area contributed by atoms with Gasteiger partial charge in [0.25, 0.3) is 0 Å². The van der Waals surface area contributed by atoms with Gasteiger partial charge in [0.05, 0.1) is 5.02 Å². The fourth-order valence-corrected chi connectivity index (χ4v) is 3.59. The zero-order valence-corrected chi connectivity index (χ0v) is 15.5. The predicted molar refractivity (Wildman–Crippen MR) is 97.4 cm³/mol. The van der Waals surface area contributed by atoms with Crippen molar-refractivity contribution in [2.45, 2.75) is 25.8 Å². The van der Waals surface area contributed by atoms with Crippen LogP contribution in [0.1, 0.15) is 18.4 Å². The number of pyridine rings is 1. The van der Waals surface area contributed by atoms with Crippen LogP contribution < -0.4 is 9.80 Å². The molecule has 1 saturated heterocycles. The summed E-state index contributed by atoms with van der Waals surface area (Å²) in [7, 11) is 2.07. The van der Waals surface area contributed by atoms with E-state index in [2.05, 4.69) is 47.7 Å². The van der Waals surface area contributed by atoms with Gasteiger partial charge in [0, 0.05) is 49.2 Å². The lowest BCUT2D eigenvalue weighted by Crippen LogP contribution is -2.44. The SMILES string of the molecule is Cc1cnc(N(C)C2CCN(c3ncc(Br)cc3Cl)CC2)nc1. The lowest BCUT2D eigenvalue weighted by atomic mass is 10.0. The molecule has 0 amide bonds. The summed E-state index contributed by atoms with van der Waals surface area (Å²) in [5.74, 6) is 1.65. The zero-order chi connectivity index (χ0) is 16.4. The normalized spacial score (nSPS) is 15.7. The van der Waals surface area contributed by atoms with Crippen LogP contribution in [0, 0.1) is 6.92 Å². The van der Waals surface area contributed by atoms with Crippen LogP contribution in [-0.4, -0.2) is 41.1 Å². The quantitative estimate of drug-likeness (QED) is 0.791. The summed E-state index contributed by atoms with van der Waals surface area (Å²) in [5, 5.41) is 0.688. The lowest BCUT2D eigenvalue weighted by Gasteiger charge is -2.37. The number of aryl methyl sites for hydroxylation is 1. The summed E-state index contributed by atoms with van der Waals surface area (Å²) in [5.41, 5.74) is 1.08. The summed E-state index contributed by atoms with van der Waals surface area (Å²) >= 11 is 9.70. The Bertz CT molecular complexity index is 671. The van der Waals surface area contributed by atoms with Crippen molar-refractivity contribution >= 4 is 39.3 Å². The van der Waals surface area contributed by atoms with Crippen LogP contribution in [0.4, 0.5) is 11.8 Å². The van der Waals surface area contributed by atoms with Gasteiger partial charge in [-0.1, -0.05) is 11.6 Å². The molecule has 1 aliphatic rings. The monoisotopic (exact) mass is 395 g/mol. The molecule has 0 aliphatic carbocycles. The molecule has 23 heavy (non-hydrogen) atoms. The minimum absolute atomic E-state index is 0.433. The molecule has 7 heteroatoms. The smallest absolute Gasteiger partial charge is 0.225 e. The second-order valence-electron chi connectivity index (χ2n) is 5.85. The molecule has 0 N–H and O–H groups in total. The van der Waals surface area contributed by atoms with E-state index in [1.165, 1.54) is 0 Å². The molecule has 0 bridgehead atoms. The van der Waals surface area contributed by atoms with Gasteiger partial charge < -0.3 is 9.80 Å². The molecule has 3 heterocycles. The van der Waals surface area contributed by atoms with Crippen LogP contribution >= 0.6 is 27.5 Å². The Kier molecular flexibility index (Phi) is 5.02. The third kappa shape index (κ3) is 3.75. The summed E-state index contributed by atoms with van der Waals surface area (Å²) in [6, 6.07) is 2.32. The highest BCUT2D eigenvalue weighted by Gasteiger charge is 2.25. The highest BCUT2D eigenvalue weighted by atomic mass is 79.9. The van der Waals surface area contributed by atoms with E-state index < -0.39 is 0 Å². The van der Waals surface area contributed by atoms with Crippen LogP contribution in [0.5, 0.6) is 0 Å². The molecular formula is C16H19BrClN5.